The fourth-order valence-electron chi connectivity index (χ4n) is 6.67. The summed E-state index contributed by atoms with van der Waals surface area (Å²) >= 11 is 0. The molecule has 50 heavy (non-hydrogen) atoms. The Balaban J connectivity index is 1.83. The summed E-state index contributed by atoms with van der Waals surface area (Å²) in [5.41, 5.74) is 5.73. The SMILES string of the molecule is CO[C@H]1/C=C/O[C@@]2(C)Oc3c(C)c(N)c4c(c3C2=O)C(=O)C=C(NC(=O)/C(C)=C\C=C\[C@H](C)[C@H](O)[C@@H](C)[C@@H](O)[C@@H](C)[C@H](OC(C)=O)[C@@H]1C)C4=O. The normalized spacial score (nSPS) is 34.5. The average molecular weight is 695 g/mol. The van der Waals surface area contributed by atoms with Gasteiger partial charge in [-0.25, -0.2) is 0 Å². The number of hydrogen-bond donors (Lipinski definition) is 4. The molecule has 13 heteroatoms. The van der Waals surface area contributed by atoms with E-state index in [4.69, 9.17) is 24.7 Å². The van der Waals surface area contributed by atoms with Crippen molar-refractivity contribution in [2.75, 3.05) is 12.8 Å². The second-order valence-electron chi connectivity index (χ2n) is 13.4. The van der Waals surface area contributed by atoms with Gasteiger partial charge in [0.05, 0.1) is 52.6 Å². The lowest BCUT2D eigenvalue weighted by Gasteiger charge is -2.38. The molecule has 5 N–H and O–H groups in total. The minimum absolute atomic E-state index is 0.0137. The summed E-state index contributed by atoms with van der Waals surface area (Å²) in [4.78, 5) is 66.4. The summed E-state index contributed by atoms with van der Waals surface area (Å²) < 4.78 is 23.2. The maximum atomic E-state index is 13.9. The topological polar surface area (TPSA) is 201 Å². The zero-order valence-corrected chi connectivity index (χ0v) is 29.7. The molecule has 0 unspecified atom stereocenters. The molecular formula is C37H46N2O11. The van der Waals surface area contributed by atoms with Crippen LogP contribution < -0.4 is 15.8 Å². The minimum atomic E-state index is -1.97. The summed E-state index contributed by atoms with van der Waals surface area (Å²) in [6, 6.07) is 0. The molecule has 5 bridgehead atoms. The zero-order chi connectivity index (χ0) is 37.4. The molecule has 9 atom stereocenters. The van der Waals surface area contributed by atoms with Crippen LogP contribution in [0, 0.1) is 30.6 Å². The average Bonchev–Trinajstić information content (AvgIpc) is 3.33. The van der Waals surface area contributed by atoms with Gasteiger partial charge in [-0.2, -0.15) is 0 Å². The number of nitrogen functional groups attached to an aromatic ring is 1. The maximum Gasteiger partial charge on any atom is 0.312 e. The van der Waals surface area contributed by atoms with Crippen LogP contribution in [0.2, 0.25) is 0 Å². The number of anilines is 1. The van der Waals surface area contributed by atoms with E-state index in [1.54, 1.807) is 39.8 Å². The number of ketones is 3. The van der Waals surface area contributed by atoms with Crippen molar-refractivity contribution in [3.8, 4) is 5.75 Å². The van der Waals surface area contributed by atoms with Gasteiger partial charge >= 0.3 is 11.8 Å². The zero-order valence-electron chi connectivity index (χ0n) is 29.7. The Morgan fingerprint density at radius 2 is 1.62 bits per heavy atom. The van der Waals surface area contributed by atoms with Gasteiger partial charge in [0, 0.05) is 61.8 Å². The van der Waals surface area contributed by atoms with E-state index >= 15 is 0 Å². The molecular weight excluding hydrogens is 648 g/mol. The van der Waals surface area contributed by atoms with Crippen LogP contribution >= 0.6 is 0 Å². The molecule has 1 aliphatic carbocycles. The number of carbonyl (C=O) groups excluding carboxylic acids is 5. The molecule has 3 heterocycles. The number of nitrogens with one attached hydrogen (secondary N) is 1. The van der Waals surface area contributed by atoms with Gasteiger partial charge in [-0.05, 0) is 19.9 Å². The number of nitrogens with two attached hydrogens (primary N) is 1. The van der Waals surface area contributed by atoms with Gasteiger partial charge in [0.1, 0.15) is 11.9 Å². The lowest BCUT2D eigenvalue weighted by atomic mass is 9.78. The molecule has 13 nitrogen and oxygen atoms in total. The highest BCUT2D eigenvalue weighted by atomic mass is 16.7. The fourth-order valence-corrected chi connectivity index (χ4v) is 6.67. The van der Waals surface area contributed by atoms with E-state index in [1.165, 1.54) is 53.2 Å². The second kappa shape index (κ2) is 14.7. The second-order valence-corrected chi connectivity index (χ2v) is 13.4. The monoisotopic (exact) mass is 694 g/mol. The number of fused-ring (bicyclic) bond motifs is 14. The number of ether oxygens (including phenoxy) is 4. The number of allylic oxidation sites excluding steroid dienone is 4. The molecule has 1 amide bonds. The molecule has 4 aliphatic rings. The maximum absolute atomic E-state index is 13.9. The molecule has 0 radical (unpaired) electrons. The smallest absolute Gasteiger partial charge is 0.312 e. The first-order chi connectivity index (χ1) is 23.4. The molecule has 0 saturated heterocycles. The fraction of sp³-hybridized carbons (Fsp3) is 0.486. The Kier molecular flexibility index (Phi) is 11.2. The molecule has 270 valence electrons. The van der Waals surface area contributed by atoms with Crippen molar-refractivity contribution in [3.05, 3.63) is 70.2 Å². The van der Waals surface area contributed by atoms with Crippen LogP contribution in [0.1, 0.15) is 85.1 Å². The van der Waals surface area contributed by atoms with Crippen LogP contribution in [0.25, 0.3) is 0 Å². The van der Waals surface area contributed by atoms with Crippen LogP contribution in [0.5, 0.6) is 5.75 Å². The summed E-state index contributed by atoms with van der Waals surface area (Å²) in [5.74, 6) is -7.85. The number of rotatable bonds is 2. The third-order valence-corrected chi connectivity index (χ3v) is 9.88. The van der Waals surface area contributed by atoms with Gasteiger partial charge in [-0.1, -0.05) is 45.9 Å². The van der Waals surface area contributed by atoms with E-state index in [-0.39, 0.29) is 45.0 Å². The number of methoxy groups -OCH3 is 1. The van der Waals surface area contributed by atoms with Crippen molar-refractivity contribution in [1.29, 1.82) is 0 Å². The molecule has 3 aliphatic heterocycles. The van der Waals surface area contributed by atoms with Gasteiger partial charge in [0.2, 0.25) is 5.78 Å². The van der Waals surface area contributed by atoms with E-state index in [9.17, 15) is 34.2 Å². The van der Waals surface area contributed by atoms with Crippen LogP contribution in [0.4, 0.5) is 5.69 Å². The third kappa shape index (κ3) is 7.03. The highest BCUT2D eigenvalue weighted by Gasteiger charge is 2.51. The minimum Gasteiger partial charge on any atom is -0.462 e. The van der Waals surface area contributed by atoms with Gasteiger partial charge < -0.3 is 40.2 Å². The van der Waals surface area contributed by atoms with Crippen molar-refractivity contribution < 1.29 is 53.1 Å². The summed E-state index contributed by atoms with van der Waals surface area (Å²) in [6.45, 7) is 12.5. The standard InChI is InChI=1S/C37H46N2O11/c1-16-11-10-12-17(2)36(46)39-23-15-24(41)26-27(32(23)44)29(38)19(4)34-28(26)35(45)37(8,50-34)48-14-13-25(47-9)18(3)33(49-22(7)40)21(6)31(43)20(5)30(16)42/h10-16,18,20-21,25,30-31,33,42-43H,38H2,1-9H3,(H,39,46)/b11-10+,14-13+,17-12-/t16-,18+,20+,21+,25-,30-,31+,33+,37-/m0/s1. The van der Waals surface area contributed by atoms with Crippen molar-refractivity contribution in [2.45, 2.75) is 85.6 Å². The molecule has 1 aromatic carbocycles. The predicted octanol–water partition coefficient (Wildman–Crippen LogP) is 3.51. The number of benzene rings is 1. The highest BCUT2D eigenvalue weighted by molar-refractivity contribution is 6.31. The summed E-state index contributed by atoms with van der Waals surface area (Å²) in [7, 11) is 1.43. The molecule has 0 aromatic heterocycles. The van der Waals surface area contributed by atoms with Gasteiger partial charge in [-0.3, -0.25) is 24.0 Å². The Morgan fingerprint density at radius 1 is 0.960 bits per heavy atom. The van der Waals surface area contributed by atoms with Crippen molar-refractivity contribution in [2.24, 2.45) is 23.7 Å². The lowest BCUT2D eigenvalue weighted by molar-refractivity contribution is -0.160. The van der Waals surface area contributed by atoms with Crippen LogP contribution in [-0.2, 0) is 23.8 Å². The van der Waals surface area contributed by atoms with Gasteiger partial charge in [-0.15, -0.1) is 0 Å². The third-order valence-electron chi connectivity index (χ3n) is 9.88. The van der Waals surface area contributed by atoms with E-state index in [0.717, 1.165) is 6.08 Å². The summed E-state index contributed by atoms with van der Waals surface area (Å²) in [5, 5.41) is 25.0. The largest absolute Gasteiger partial charge is 0.462 e. The molecule has 0 saturated carbocycles. The van der Waals surface area contributed by atoms with E-state index < -0.39 is 83.1 Å². The van der Waals surface area contributed by atoms with E-state index in [0.29, 0.717) is 0 Å². The van der Waals surface area contributed by atoms with E-state index in [2.05, 4.69) is 5.32 Å². The number of aliphatic hydroxyl groups is 2. The lowest BCUT2D eigenvalue weighted by Crippen LogP contribution is -2.46. The number of hydrogen-bond acceptors (Lipinski definition) is 12. The number of esters is 1. The van der Waals surface area contributed by atoms with Crippen LogP contribution in [0.3, 0.4) is 0 Å². The van der Waals surface area contributed by atoms with Crippen molar-refractivity contribution >= 4 is 34.9 Å². The number of aliphatic hydroxyl groups excluding tert-OH is 2. The Bertz CT molecular complexity index is 1720. The van der Waals surface area contributed by atoms with Crippen LogP contribution in [0.15, 0.2) is 47.9 Å². The van der Waals surface area contributed by atoms with E-state index in [1.807, 2.05) is 0 Å². The highest BCUT2D eigenvalue weighted by Crippen LogP contribution is 2.46. The van der Waals surface area contributed by atoms with Gasteiger partial charge in [0.15, 0.2) is 5.78 Å². The first kappa shape index (κ1) is 38.2. The number of Topliss-reactive ketones (excluding diaryl/α,β-unsaturated/α-hetero) is 2. The molecule has 5 rings (SSSR count). The Hall–Kier alpha value is -4.59. The molecule has 0 spiro atoms. The first-order valence-corrected chi connectivity index (χ1v) is 16.4. The summed E-state index contributed by atoms with van der Waals surface area (Å²) in [6.07, 6.45) is 4.54. The first-order valence-electron chi connectivity index (χ1n) is 16.4. The Labute approximate surface area is 291 Å². The van der Waals surface area contributed by atoms with Gasteiger partial charge in [0.25, 0.3) is 11.7 Å². The Morgan fingerprint density at radius 3 is 2.24 bits per heavy atom. The number of amides is 1. The quantitative estimate of drug-likeness (QED) is 0.260. The molecule has 0 fully saturated rings. The van der Waals surface area contributed by atoms with Crippen molar-refractivity contribution in [3.63, 3.8) is 0 Å². The number of carbonyl (C=O) groups is 5. The van der Waals surface area contributed by atoms with Crippen LogP contribution in [-0.4, -0.2) is 76.8 Å². The van der Waals surface area contributed by atoms with Crippen molar-refractivity contribution in [1.82, 2.24) is 5.32 Å². The molecule has 1 aromatic rings. The predicted molar refractivity (Wildman–Crippen MR) is 182 cm³/mol.